The minimum Gasteiger partial charge on any atom is -0.354 e. The highest BCUT2D eigenvalue weighted by Crippen LogP contribution is 2.12. The molecule has 0 atom stereocenters. The Kier molecular flexibility index (Phi) is 5.44. The van der Waals surface area contributed by atoms with E-state index in [1.807, 2.05) is 26.0 Å². The molecule has 1 aliphatic rings. The predicted octanol–water partition coefficient (Wildman–Crippen LogP) is 1.66. The molecule has 1 aromatic carbocycles. The zero-order valence-electron chi connectivity index (χ0n) is 12.3. The van der Waals surface area contributed by atoms with Crippen LogP contribution in [0, 0.1) is 5.92 Å². The summed E-state index contributed by atoms with van der Waals surface area (Å²) in [6.45, 7) is 7.19. The molecule has 1 heterocycles. The summed E-state index contributed by atoms with van der Waals surface area (Å²) in [7, 11) is 0. The number of hydrogen-bond donors (Lipinski definition) is 2. The standard InChI is InChI=1S/C16H23ClN2O/c1-12(2)18-16(20)14-7-9-19(10-8-14)11-13-3-5-15(17)6-4-13/h3-6,12,14H,7-11H2,1-2H3,(H,18,20)/p+1. The summed E-state index contributed by atoms with van der Waals surface area (Å²) in [5.74, 6) is 0.428. The van der Waals surface area contributed by atoms with Crippen LogP contribution in [0.25, 0.3) is 0 Å². The van der Waals surface area contributed by atoms with Crippen molar-refractivity contribution in [1.82, 2.24) is 5.32 Å². The second-order valence-corrected chi connectivity index (χ2v) is 6.43. The fourth-order valence-electron chi connectivity index (χ4n) is 2.76. The van der Waals surface area contributed by atoms with Gasteiger partial charge in [-0.05, 0) is 26.0 Å². The molecule has 1 aromatic rings. The van der Waals surface area contributed by atoms with Crippen molar-refractivity contribution in [3.63, 3.8) is 0 Å². The van der Waals surface area contributed by atoms with Gasteiger partial charge in [-0.15, -0.1) is 0 Å². The zero-order chi connectivity index (χ0) is 14.5. The highest BCUT2D eigenvalue weighted by Gasteiger charge is 2.27. The van der Waals surface area contributed by atoms with E-state index in [4.69, 9.17) is 11.6 Å². The van der Waals surface area contributed by atoms with E-state index in [1.54, 1.807) is 4.90 Å². The van der Waals surface area contributed by atoms with Gasteiger partial charge in [0.2, 0.25) is 5.91 Å². The van der Waals surface area contributed by atoms with Gasteiger partial charge in [0.05, 0.1) is 13.1 Å². The second kappa shape index (κ2) is 7.09. The van der Waals surface area contributed by atoms with Gasteiger partial charge in [-0.25, -0.2) is 0 Å². The first-order chi connectivity index (χ1) is 9.54. The highest BCUT2D eigenvalue weighted by atomic mass is 35.5. The first-order valence-electron chi connectivity index (χ1n) is 7.43. The molecular formula is C16H24ClN2O+. The molecule has 4 heteroatoms. The lowest BCUT2D eigenvalue weighted by Crippen LogP contribution is -3.11. The van der Waals surface area contributed by atoms with Crippen LogP contribution in [-0.2, 0) is 11.3 Å². The summed E-state index contributed by atoms with van der Waals surface area (Å²) in [4.78, 5) is 13.5. The summed E-state index contributed by atoms with van der Waals surface area (Å²) < 4.78 is 0. The molecule has 20 heavy (non-hydrogen) atoms. The number of likely N-dealkylation sites (tertiary alicyclic amines) is 1. The van der Waals surface area contributed by atoms with Gasteiger partial charge in [0.25, 0.3) is 0 Å². The molecule has 2 N–H and O–H groups in total. The van der Waals surface area contributed by atoms with Gasteiger partial charge in [0, 0.05) is 35.4 Å². The normalized spacial score (nSPS) is 22.8. The van der Waals surface area contributed by atoms with Gasteiger partial charge in [-0.3, -0.25) is 4.79 Å². The molecule has 0 unspecified atom stereocenters. The van der Waals surface area contributed by atoms with Gasteiger partial charge in [-0.2, -0.15) is 0 Å². The first kappa shape index (κ1) is 15.3. The van der Waals surface area contributed by atoms with Crippen LogP contribution in [0.4, 0.5) is 0 Å². The van der Waals surface area contributed by atoms with Crippen molar-refractivity contribution in [3.05, 3.63) is 34.9 Å². The van der Waals surface area contributed by atoms with Crippen LogP contribution >= 0.6 is 11.6 Å². The summed E-state index contributed by atoms with van der Waals surface area (Å²) >= 11 is 5.90. The molecule has 0 bridgehead atoms. The number of piperidine rings is 1. The largest absolute Gasteiger partial charge is 0.354 e. The minimum absolute atomic E-state index is 0.200. The Bertz CT molecular complexity index is 436. The number of hydrogen-bond acceptors (Lipinski definition) is 1. The van der Waals surface area contributed by atoms with E-state index < -0.39 is 0 Å². The van der Waals surface area contributed by atoms with Crippen molar-refractivity contribution in [2.45, 2.75) is 39.3 Å². The minimum atomic E-state index is 0.200. The van der Waals surface area contributed by atoms with Crippen molar-refractivity contribution in [3.8, 4) is 0 Å². The highest BCUT2D eigenvalue weighted by molar-refractivity contribution is 6.30. The maximum atomic E-state index is 12.0. The average Bonchev–Trinajstić information content (AvgIpc) is 2.41. The molecule has 1 aliphatic heterocycles. The molecule has 0 aromatic heterocycles. The van der Waals surface area contributed by atoms with Crippen molar-refractivity contribution < 1.29 is 9.69 Å². The van der Waals surface area contributed by atoms with Crippen molar-refractivity contribution in [2.24, 2.45) is 5.92 Å². The number of benzene rings is 1. The van der Waals surface area contributed by atoms with E-state index in [-0.39, 0.29) is 17.9 Å². The lowest BCUT2D eigenvalue weighted by molar-refractivity contribution is -0.919. The van der Waals surface area contributed by atoms with Gasteiger partial charge in [-0.1, -0.05) is 23.7 Å². The molecule has 3 nitrogen and oxygen atoms in total. The van der Waals surface area contributed by atoms with E-state index >= 15 is 0 Å². The van der Waals surface area contributed by atoms with E-state index in [1.165, 1.54) is 5.56 Å². The predicted molar refractivity (Wildman–Crippen MR) is 81.9 cm³/mol. The fourth-order valence-corrected chi connectivity index (χ4v) is 2.88. The maximum absolute atomic E-state index is 12.0. The third-order valence-corrected chi connectivity index (χ3v) is 4.11. The number of amides is 1. The molecule has 2 rings (SSSR count). The van der Waals surface area contributed by atoms with E-state index in [0.717, 1.165) is 37.5 Å². The number of halogens is 1. The van der Waals surface area contributed by atoms with Crippen molar-refractivity contribution in [2.75, 3.05) is 13.1 Å². The summed E-state index contributed by atoms with van der Waals surface area (Å²) in [5.41, 5.74) is 1.31. The summed E-state index contributed by atoms with van der Waals surface area (Å²) in [6, 6.07) is 8.31. The topological polar surface area (TPSA) is 33.5 Å². The number of nitrogens with one attached hydrogen (secondary N) is 2. The van der Waals surface area contributed by atoms with Crippen molar-refractivity contribution >= 4 is 17.5 Å². The van der Waals surface area contributed by atoms with Gasteiger partial charge >= 0.3 is 0 Å². The molecule has 1 amide bonds. The van der Waals surface area contributed by atoms with Crippen molar-refractivity contribution in [1.29, 1.82) is 0 Å². The molecule has 0 radical (unpaired) electrons. The van der Waals surface area contributed by atoms with Crippen LogP contribution in [0.5, 0.6) is 0 Å². The molecule has 1 saturated heterocycles. The van der Waals surface area contributed by atoms with Crippen LogP contribution in [0.1, 0.15) is 32.3 Å². The van der Waals surface area contributed by atoms with E-state index in [0.29, 0.717) is 0 Å². The Morgan fingerprint density at radius 3 is 2.45 bits per heavy atom. The Balaban J connectivity index is 1.79. The Hall–Kier alpha value is -1.06. The molecular weight excluding hydrogens is 272 g/mol. The zero-order valence-corrected chi connectivity index (χ0v) is 13.0. The summed E-state index contributed by atoms with van der Waals surface area (Å²) in [5, 5.41) is 3.81. The summed E-state index contributed by atoms with van der Waals surface area (Å²) in [6.07, 6.45) is 1.98. The second-order valence-electron chi connectivity index (χ2n) is 5.99. The Morgan fingerprint density at radius 2 is 1.90 bits per heavy atom. The molecule has 0 aliphatic carbocycles. The van der Waals surface area contributed by atoms with Gasteiger partial charge < -0.3 is 10.2 Å². The molecule has 0 spiro atoms. The molecule has 1 fully saturated rings. The first-order valence-corrected chi connectivity index (χ1v) is 7.81. The van der Waals surface area contributed by atoms with Gasteiger partial charge in [0.1, 0.15) is 6.54 Å². The Labute approximate surface area is 126 Å². The molecule has 110 valence electrons. The number of carbonyl (C=O) groups is 1. The van der Waals surface area contributed by atoms with E-state index in [9.17, 15) is 4.79 Å². The quantitative estimate of drug-likeness (QED) is 0.870. The van der Waals surface area contributed by atoms with E-state index in [2.05, 4.69) is 17.4 Å². The van der Waals surface area contributed by atoms with Crippen LogP contribution in [0.2, 0.25) is 5.02 Å². The monoisotopic (exact) mass is 295 g/mol. The fraction of sp³-hybridized carbons (Fsp3) is 0.562. The van der Waals surface area contributed by atoms with Gasteiger partial charge in [0.15, 0.2) is 0 Å². The lowest BCUT2D eigenvalue weighted by Gasteiger charge is -2.29. The van der Waals surface area contributed by atoms with Crippen LogP contribution < -0.4 is 10.2 Å². The van der Waals surface area contributed by atoms with Crippen LogP contribution in [0.15, 0.2) is 24.3 Å². The third kappa shape index (κ3) is 4.50. The number of rotatable bonds is 4. The number of quaternary nitrogens is 1. The third-order valence-electron chi connectivity index (χ3n) is 3.86. The smallest absolute Gasteiger partial charge is 0.223 e. The van der Waals surface area contributed by atoms with Crippen LogP contribution in [-0.4, -0.2) is 25.0 Å². The van der Waals surface area contributed by atoms with Crippen LogP contribution in [0.3, 0.4) is 0 Å². The SMILES string of the molecule is CC(C)NC(=O)C1CC[NH+](Cc2ccc(Cl)cc2)CC1. The molecule has 0 saturated carbocycles. The lowest BCUT2D eigenvalue weighted by atomic mass is 9.95. The number of carbonyl (C=O) groups excluding carboxylic acids is 1. The Morgan fingerprint density at radius 1 is 1.30 bits per heavy atom. The average molecular weight is 296 g/mol. The maximum Gasteiger partial charge on any atom is 0.223 e.